The minimum Gasteiger partial charge on any atom is -0.444 e. The molecular formula is C14H22FN3O4. The third-order valence-electron chi connectivity index (χ3n) is 2.70. The summed E-state index contributed by atoms with van der Waals surface area (Å²) in [6.45, 7) is 5.31. The molecule has 1 aromatic rings. The maximum Gasteiger partial charge on any atom is 0.407 e. The van der Waals surface area contributed by atoms with Gasteiger partial charge in [-0.3, -0.25) is 0 Å². The molecule has 1 amide bonds. The summed E-state index contributed by atoms with van der Waals surface area (Å²) in [5, 5.41) is 22.3. The summed E-state index contributed by atoms with van der Waals surface area (Å²) < 4.78 is 18.0. The van der Waals surface area contributed by atoms with Crippen molar-refractivity contribution < 1.29 is 24.1 Å². The van der Waals surface area contributed by atoms with E-state index < -0.39 is 29.8 Å². The van der Waals surface area contributed by atoms with Gasteiger partial charge in [-0.2, -0.15) is 4.39 Å². The number of carbonyl (C=O) groups is 1. The predicted octanol–water partition coefficient (Wildman–Crippen LogP) is 1.11. The van der Waals surface area contributed by atoms with Gasteiger partial charge in [0.25, 0.3) is 0 Å². The quantitative estimate of drug-likeness (QED) is 0.605. The average Bonchev–Trinajstić information content (AvgIpc) is 2.38. The van der Waals surface area contributed by atoms with Gasteiger partial charge >= 0.3 is 6.09 Å². The number of rotatable bonds is 5. The second kappa shape index (κ2) is 7.37. The third kappa shape index (κ3) is 5.82. The number of pyridine rings is 1. The van der Waals surface area contributed by atoms with E-state index in [9.17, 15) is 19.4 Å². The first-order valence-corrected chi connectivity index (χ1v) is 6.84. The van der Waals surface area contributed by atoms with E-state index in [4.69, 9.17) is 10.5 Å². The Balaban J connectivity index is 2.46. The minimum atomic E-state index is -1.28. The molecule has 22 heavy (non-hydrogen) atoms. The van der Waals surface area contributed by atoms with Crippen molar-refractivity contribution >= 4 is 11.8 Å². The Labute approximate surface area is 128 Å². The summed E-state index contributed by atoms with van der Waals surface area (Å²) >= 11 is 0. The van der Waals surface area contributed by atoms with Crippen LogP contribution in [0.15, 0.2) is 12.3 Å². The first kappa shape index (κ1) is 18.1. The van der Waals surface area contributed by atoms with Crippen molar-refractivity contribution in [2.75, 3.05) is 12.3 Å². The van der Waals surface area contributed by atoms with Gasteiger partial charge in [0, 0.05) is 18.3 Å². The van der Waals surface area contributed by atoms with Crippen molar-refractivity contribution in [3.8, 4) is 0 Å². The van der Waals surface area contributed by atoms with Crippen LogP contribution in [-0.4, -0.2) is 39.5 Å². The van der Waals surface area contributed by atoms with Gasteiger partial charge in [-0.15, -0.1) is 0 Å². The Morgan fingerprint density at radius 2 is 2.14 bits per heavy atom. The van der Waals surface area contributed by atoms with Crippen LogP contribution in [-0.2, 0) is 4.74 Å². The number of ether oxygens (including phenoxy) is 1. The number of aliphatic hydroxyl groups excluding tert-OH is 2. The maximum absolute atomic E-state index is 12.9. The lowest BCUT2D eigenvalue weighted by atomic mass is 10.0. The molecule has 7 nitrogen and oxygen atoms in total. The number of amides is 1. The molecule has 0 spiro atoms. The summed E-state index contributed by atoms with van der Waals surface area (Å²) in [7, 11) is 0. The first-order valence-electron chi connectivity index (χ1n) is 6.84. The van der Waals surface area contributed by atoms with Crippen LogP contribution in [0.5, 0.6) is 0 Å². The number of anilines is 1. The molecule has 0 bridgehead atoms. The first-order chi connectivity index (χ1) is 10.1. The maximum atomic E-state index is 12.9. The largest absolute Gasteiger partial charge is 0.444 e. The fourth-order valence-corrected chi connectivity index (χ4v) is 1.66. The molecule has 0 saturated heterocycles. The highest BCUT2D eigenvalue weighted by molar-refractivity contribution is 5.67. The van der Waals surface area contributed by atoms with E-state index in [-0.39, 0.29) is 24.2 Å². The number of nitrogens with two attached hydrogens (primary N) is 1. The molecular weight excluding hydrogens is 293 g/mol. The molecule has 124 valence electrons. The van der Waals surface area contributed by atoms with E-state index >= 15 is 0 Å². The molecule has 5 N–H and O–H groups in total. The molecule has 2 atom stereocenters. The summed E-state index contributed by atoms with van der Waals surface area (Å²) in [4.78, 5) is 14.8. The SMILES string of the molecule is CC(C)(C)OC(=O)NCCC(O)C(O)c1cnc(F)c(N)c1. The molecule has 1 rings (SSSR count). The van der Waals surface area contributed by atoms with Crippen LogP contribution in [0.2, 0.25) is 0 Å². The van der Waals surface area contributed by atoms with Crippen molar-refractivity contribution in [3.63, 3.8) is 0 Å². The molecule has 0 radical (unpaired) electrons. The minimum absolute atomic E-state index is 0.0810. The lowest BCUT2D eigenvalue weighted by Crippen LogP contribution is -2.34. The van der Waals surface area contributed by atoms with Gasteiger partial charge in [-0.05, 0) is 33.3 Å². The fraction of sp³-hybridized carbons (Fsp3) is 0.571. The lowest BCUT2D eigenvalue weighted by molar-refractivity contribution is 0.0121. The van der Waals surface area contributed by atoms with Gasteiger partial charge in [0.2, 0.25) is 5.95 Å². The molecule has 1 heterocycles. The van der Waals surface area contributed by atoms with Crippen LogP contribution in [0.1, 0.15) is 38.9 Å². The molecule has 0 saturated carbocycles. The Morgan fingerprint density at radius 1 is 1.50 bits per heavy atom. The number of nitrogens with zero attached hydrogens (tertiary/aromatic N) is 1. The number of hydrogen-bond acceptors (Lipinski definition) is 6. The Bertz CT molecular complexity index is 519. The summed E-state index contributed by atoms with van der Waals surface area (Å²) in [5.41, 5.74) is 4.73. The zero-order chi connectivity index (χ0) is 16.9. The number of nitrogen functional groups attached to an aromatic ring is 1. The van der Waals surface area contributed by atoms with Crippen LogP contribution in [0, 0.1) is 5.95 Å². The highest BCUT2D eigenvalue weighted by Crippen LogP contribution is 2.21. The van der Waals surface area contributed by atoms with Crippen molar-refractivity contribution in [1.29, 1.82) is 0 Å². The third-order valence-corrected chi connectivity index (χ3v) is 2.70. The second-order valence-corrected chi connectivity index (χ2v) is 5.88. The predicted molar refractivity (Wildman–Crippen MR) is 78.4 cm³/mol. The van der Waals surface area contributed by atoms with Crippen LogP contribution in [0.3, 0.4) is 0 Å². The molecule has 8 heteroatoms. The summed E-state index contributed by atoms with van der Waals surface area (Å²) in [6, 6.07) is 1.21. The molecule has 0 aliphatic rings. The van der Waals surface area contributed by atoms with Crippen molar-refractivity contribution in [2.24, 2.45) is 0 Å². The number of nitrogens with one attached hydrogen (secondary N) is 1. The van der Waals surface area contributed by atoms with Gasteiger partial charge < -0.3 is 26.0 Å². The molecule has 0 aromatic carbocycles. The Morgan fingerprint density at radius 3 is 2.68 bits per heavy atom. The van der Waals surface area contributed by atoms with Crippen LogP contribution in [0.4, 0.5) is 14.9 Å². The number of aromatic nitrogens is 1. The molecule has 0 aliphatic carbocycles. The van der Waals surface area contributed by atoms with Crippen molar-refractivity contribution in [2.45, 2.75) is 45.0 Å². The molecule has 0 fully saturated rings. The molecule has 1 aromatic heterocycles. The topological polar surface area (TPSA) is 118 Å². The monoisotopic (exact) mass is 315 g/mol. The van der Waals surface area contributed by atoms with E-state index in [1.165, 1.54) is 6.07 Å². The van der Waals surface area contributed by atoms with E-state index in [1.807, 2.05) is 0 Å². The fourth-order valence-electron chi connectivity index (χ4n) is 1.66. The number of alkyl carbamates (subject to hydrolysis) is 1. The van der Waals surface area contributed by atoms with Gasteiger partial charge in [0.15, 0.2) is 0 Å². The summed E-state index contributed by atoms with van der Waals surface area (Å²) in [5.74, 6) is -0.836. The highest BCUT2D eigenvalue weighted by Gasteiger charge is 2.21. The highest BCUT2D eigenvalue weighted by atomic mass is 19.1. The Hall–Kier alpha value is -1.93. The van der Waals surface area contributed by atoms with Crippen LogP contribution >= 0.6 is 0 Å². The van der Waals surface area contributed by atoms with Gasteiger partial charge in [-0.25, -0.2) is 9.78 Å². The molecule has 0 aliphatic heterocycles. The smallest absolute Gasteiger partial charge is 0.407 e. The normalized spacial score (nSPS) is 14.3. The standard InChI is InChI=1S/C14H22FN3O4/c1-14(2,3)22-13(21)17-5-4-10(19)11(20)8-6-9(16)12(15)18-7-8/h6-7,10-11,19-20H,4-5,16H2,1-3H3,(H,17,21). The van der Waals surface area contributed by atoms with Crippen LogP contribution in [0.25, 0.3) is 0 Å². The number of aliphatic hydroxyl groups is 2. The van der Waals surface area contributed by atoms with Gasteiger partial charge in [0.1, 0.15) is 11.7 Å². The van der Waals surface area contributed by atoms with E-state index in [0.717, 1.165) is 6.20 Å². The molecule has 2 unspecified atom stereocenters. The zero-order valence-electron chi connectivity index (χ0n) is 12.8. The lowest BCUT2D eigenvalue weighted by Gasteiger charge is -2.21. The van der Waals surface area contributed by atoms with E-state index in [0.29, 0.717) is 0 Å². The van der Waals surface area contributed by atoms with Crippen molar-refractivity contribution in [1.82, 2.24) is 10.3 Å². The van der Waals surface area contributed by atoms with Gasteiger partial charge in [-0.1, -0.05) is 0 Å². The Kier molecular flexibility index (Phi) is 6.07. The van der Waals surface area contributed by atoms with E-state index in [2.05, 4.69) is 10.3 Å². The average molecular weight is 315 g/mol. The summed E-state index contributed by atoms with van der Waals surface area (Å²) in [6.07, 6.45) is -1.88. The second-order valence-electron chi connectivity index (χ2n) is 5.88. The number of halogens is 1. The van der Waals surface area contributed by atoms with Crippen molar-refractivity contribution in [3.05, 3.63) is 23.8 Å². The van der Waals surface area contributed by atoms with Gasteiger partial charge in [0.05, 0.1) is 11.8 Å². The zero-order valence-corrected chi connectivity index (χ0v) is 12.8. The number of carbonyl (C=O) groups excluding carboxylic acids is 1. The number of hydrogen-bond donors (Lipinski definition) is 4. The van der Waals surface area contributed by atoms with Crippen LogP contribution < -0.4 is 11.1 Å². The van der Waals surface area contributed by atoms with E-state index in [1.54, 1.807) is 20.8 Å².